The quantitative estimate of drug-likeness (QED) is 0.335. The molecule has 9 nitrogen and oxygen atoms in total. The highest BCUT2D eigenvalue weighted by atomic mass is 16.2. The zero-order chi connectivity index (χ0) is 23.8. The summed E-state index contributed by atoms with van der Waals surface area (Å²) in [5, 5.41) is 11.2. The summed E-state index contributed by atoms with van der Waals surface area (Å²) in [6.45, 7) is 3.65. The van der Waals surface area contributed by atoms with Crippen molar-refractivity contribution in [3.8, 4) is 0 Å². The third kappa shape index (κ3) is 6.42. The van der Waals surface area contributed by atoms with Crippen molar-refractivity contribution in [2.45, 2.75) is 26.3 Å². The average Bonchev–Trinajstić information content (AvgIpc) is 3.20. The van der Waals surface area contributed by atoms with Crippen LogP contribution in [0.15, 0.2) is 54.7 Å². The molecule has 4 amide bonds. The van der Waals surface area contributed by atoms with Crippen LogP contribution in [0.5, 0.6) is 0 Å². The summed E-state index contributed by atoms with van der Waals surface area (Å²) in [5.74, 6) is -2.71. The fourth-order valence-corrected chi connectivity index (χ4v) is 3.33. The number of carbonyl (C=O) groups is 4. The molecule has 0 bridgehead atoms. The fraction of sp³-hybridized carbons (Fsp3) is 0.250. The lowest BCUT2D eigenvalue weighted by Crippen LogP contribution is -2.43. The first-order chi connectivity index (χ1) is 15.8. The Morgan fingerprint density at radius 2 is 1.64 bits per heavy atom. The Labute approximate surface area is 191 Å². The maximum Gasteiger partial charge on any atom is 0.313 e. The molecule has 0 atom stereocenters. The number of nitrogens with one attached hydrogen (secondary N) is 5. The Kier molecular flexibility index (Phi) is 7.80. The third-order valence-electron chi connectivity index (χ3n) is 4.84. The summed E-state index contributed by atoms with van der Waals surface area (Å²) in [7, 11) is 0. The van der Waals surface area contributed by atoms with E-state index in [2.05, 4.69) is 26.3 Å². The van der Waals surface area contributed by atoms with E-state index in [9.17, 15) is 19.2 Å². The van der Waals surface area contributed by atoms with E-state index < -0.39 is 17.7 Å². The van der Waals surface area contributed by atoms with Crippen molar-refractivity contribution in [3.05, 3.63) is 65.9 Å². The van der Waals surface area contributed by atoms with Gasteiger partial charge in [-0.15, -0.1) is 0 Å². The highest BCUT2D eigenvalue weighted by molar-refractivity contribution is 6.40. The first-order valence-electron chi connectivity index (χ1n) is 10.7. The number of aromatic nitrogens is 1. The van der Waals surface area contributed by atoms with Gasteiger partial charge in [-0.3, -0.25) is 19.2 Å². The lowest BCUT2D eigenvalue weighted by molar-refractivity contribution is -0.136. The molecule has 0 fully saturated rings. The molecule has 0 aliphatic carbocycles. The molecule has 3 aromatic rings. The smallest absolute Gasteiger partial charge is 0.313 e. The Bertz CT molecular complexity index is 1170. The second-order valence-electron chi connectivity index (χ2n) is 7.77. The van der Waals surface area contributed by atoms with E-state index in [1.54, 1.807) is 32.0 Å². The molecule has 0 saturated carbocycles. The fourth-order valence-electron chi connectivity index (χ4n) is 3.33. The summed E-state index contributed by atoms with van der Waals surface area (Å²) in [6.07, 6.45) is 2.55. The summed E-state index contributed by atoms with van der Waals surface area (Å²) in [4.78, 5) is 51.8. The molecule has 0 spiro atoms. The molecular formula is C24H27N5O4. The van der Waals surface area contributed by atoms with E-state index in [0.717, 1.165) is 16.5 Å². The first-order valence-corrected chi connectivity index (χ1v) is 10.7. The SMILES string of the molecule is CC(C)NC(=O)CNC(=O)C(=O)Nc1ccccc1C(=O)NCCc1c[nH]c2ccccc12. The minimum Gasteiger partial charge on any atom is -0.361 e. The van der Waals surface area contributed by atoms with Crippen LogP contribution in [0.2, 0.25) is 0 Å². The molecule has 0 aliphatic heterocycles. The predicted molar refractivity (Wildman–Crippen MR) is 126 cm³/mol. The van der Waals surface area contributed by atoms with E-state index >= 15 is 0 Å². The van der Waals surface area contributed by atoms with Crippen LogP contribution >= 0.6 is 0 Å². The first kappa shape index (κ1) is 23.5. The van der Waals surface area contributed by atoms with Crippen molar-refractivity contribution < 1.29 is 19.2 Å². The number of fused-ring (bicyclic) bond motifs is 1. The molecule has 172 valence electrons. The monoisotopic (exact) mass is 449 g/mol. The topological polar surface area (TPSA) is 132 Å². The van der Waals surface area contributed by atoms with Gasteiger partial charge >= 0.3 is 11.8 Å². The summed E-state index contributed by atoms with van der Waals surface area (Å²) in [6, 6.07) is 14.3. The number of H-pyrrole nitrogens is 1. The Balaban J connectivity index is 1.55. The minimum atomic E-state index is -0.969. The van der Waals surface area contributed by atoms with Gasteiger partial charge in [0.1, 0.15) is 0 Å². The molecule has 33 heavy (non-hydrogen) atoms. The number of para-hydroxylation sites is 2. The van der Waals surface area contributed by atoms with E-state index in [1.165, 1.54) is 6.07 Å². The molecule has 0 unspecified atom stereocenters. The van der Waals surface area contributed by atoms with E-state index in [4.69, 9.17) is 0 Å². The van der Waals surface area contributed by atoms with Crippen LogP contribution in [-0.2, 0) is 20.8 Å². The van der Waals surface area contributed by atoms with Crippen molar-refractivity contribution in [2.24, 2.45) is 0 Å². The van der Waals surface area contributed by atoms with Crippen LogP contribution in [0.4, 0.5) is 5.69 Å². The summed E-state index contributed by atoms with van der Waals surface area (Å²) in [5.41, 5.74) is 2.56. The second-order valence-corrected chi connectivity index (χ2v) is 7.77. The van der Waals surface area contributed by atoms with Gasteiger partial charge in [0.15, 0.2) is 0 Å². The van der Waals surface area contributed by atoms with Gasteiger partial charge in [0.05, 0.1) is 17.8 Å². The van der Waals surface area contributed by atoms with Gasteiger partial charge in [-0.1, -0.05) is 30.3 Å². The Morgan fingerprint density at radius 3 is 2.42 bits per heavy atom. The molecule has 1 aromatic heterocycles. The van der Waals surface area contributed by atoms with Crippen molar-refractivity contribution in [3.63, 3.8) is 0 Å². The van der Waals surface area contributed by atoms with Gasteiger partial charge in [-0.2, -0.15) is 0 Å². The molecule has 3 rings (SSSR count). The highest BCUT2D eigenvalue weighted by Crippen LogP contribution is 2.18. The number of anilines is 1. The lowest BCUT2D eigenvalue weighted by Gasteiger charge is -2.12. The molecule has 0 radical (unpaired) electrons. The van der Waals surface area contributed by atoms with Crippen LogP contribution in [0.1, 0.15) is 29.8 Å². The molecule has 1 heterocycles. The number of rotatable bonds is 8. The van der Waals surface area contributed by atoms with Crippen molar-refractivity contribution >= 4 is 40.2 Å². The minimum absolute atomic E-state index is 0.0791. The molecule has 2 aromatic carbocycles. The maximum atomic E-state index is 12.7. The summed E-state index contributed by atoms with van der Waals surface area (Å²) >= 11 is 0. The van der Waals surface area contributed by atoms with Gasteiger partial charge in [-0.25, -0.2) is 0 Å². The molecule has 0 aliphatic rings. The number of carbonyl (C=O) groups excluding carboxylic acids is 4. The van der Waals surface area contributed by atoms with E-state index in [1.807, 2.05) is 30.5 Å². The normalized spacial score (nSPS) is 10.6. The van der Waals surface area contributed by atoms with Crippen molar-refractivity contribution in [2.75, 3.05) is 18.4 Å². The van der Waals surface area contributed by atoms with Crippen LogP contribution in [0.25, 0.3) is 10.9 Å². The molecule has 9 heteroatoms. The second kappa shape index (κ2) is 10.9. The van der Waals surface area contributed by atoms with Crippen molar-refractivity contribution in [1.82, 2.24) is 20.9 Å². The predicted octanol–water partition coefficient (Wildman–Crippen LogP) is 1.72. The van der Waals surface area contributed by atoms with E-state index in [-0.39, 0.29) is 29.7 Å². The Morgan fingerprint density at radius 1 is 0.909 bits per heavy atom. The summed E-state index contributed by atoms with van der Waals surface area (Å²) < 4.78 is 0. The van der Waals surface area contributed by atoms with Crippen LogP contribution in [-0.4, -0.2) is 47.7 Å². The average molecular weight is 450 g/mol. The molecule has 5 N–H and O–H groups in total. The van der Waals surface area contributed by atoms with Crippen LogP contribution in [0, 0.1) is 0 Å². The number of benzene rings is 2. The van der Waals surface area contributed by atoms with Gasteiger partial charge < -0.3 is 26.3 Å². The molecule has 0 saturated heterocycles. The third-order valence-corrected chi connectivity index (χ3v) is 4.84. The van der Waals surface area contributed by atoms with Gasteiger partial charge in [0.25, 0.3) is 5.91 Å². The maximum absolute atomic E-state index is 12.7. The number of hydrogen-bond donors (Lipinski definition) is 5. The Hall–Kier alpha value is -4.14. The number of aromatic amines is 1. The van der Waals surface area contributed by atoms with Crippen LogP contribution < -0.4 is 21.3 Å². The van der Waals surface area contributed by atoms with Gasteiger partial charge in [0.2, 0.25) is 5.91 Å². The number of hydrogen-bond acceptors (Lipinski definition) is 4. The van der Waals surface area contributed by atoms with Gasteiger partial charge in [-0.05, 0) is 44.0 Å². The van der Waals surface area contributed by atoms with Gasteiger partial charge in [0, 0.05) is 29.7 Å². The van der Waals surface area contributed by atoms with Crippen molar-refractivity contribution in [1.29, 1.82) is 0 Å². The lowest BCUT2D eigenvalue weighted by atomic mass is 10.1. The largest absolute Gasteiger partial charge is 0.361 e. The standard InChI is InChI=1S/C24H27N5O4/c1-15(2)28-21(30)14-27-23(32)24(33)29-20-10-6-4-8-18(20)22(31)25-12-11-16-13-26-19-9-5-3-7-17(16)19/h3-10,13,15,26H,11-12,14H2,1-2H3,(H,25,31)(H,27,32)(H,28,30)(H,29,33). The van der Waals surface area contributed by atoms with Crippen LogP contribution in [0.3, 0.4) is 0 Å². The number of amides is 4. The zero-order valence-electron chi connectivity index (χ0n) is 18.5. The zero-order valence-corrected chi connectivity index (χ0v) is 18.5. The molecular weight excluding hydrogens is 422 g/mol. The van der Waals surface area contributed by atoms with E-state index in [0.29, 0.717) is 13.0 Å². The highest BCUT2D eigenvalue weighted by Gasteiger charge is 2.18.